The molecule has 0 saturated heterocycles. The van der Waals surface area contributed by atoms with Crippen LogP contribution in [-0.4, -0.2) is 6.04 Å². The number of rotatable bonds is 3. The molecule has 0 aromatic rings. The van der Waals surface area contributed by atoms with E-state index in [1.54, 1.807) is 0 Å². The fraction of sp³-hybridized carbons (Fsp3) is 0.750. The van der Waals surface area contributed by atoms with Crippen LogP contribution in [0.4, 0.5) is 0 Å². The Bertz CT molecular complexity index is 102. The Labute approximate surface area is 63.5 Å². The summed E-state index contributed by atoms with van der Waals surface area (Å²) in [5, 5.41) is 0. The maximum atomic E-state index is 5.35. The van der Waals surface area contributed by atoms with Gasteiger partial charge < -0.3 is 0 Å². The lowest BCUT2D eigenvalue weighted by atomic mass is 9.85. The second-order valence-electron chi connectivity index (χ2n) is 3.61. The Kier molecular flexibility index (Phi) is 3.61. The van der Waals surface area contributed by atoms with E-state index in [4.69, 9.17) is 5.84 Å². The predicted octanol–water partition coefficient (Wildman–Crippen LogP) is 1.44. The van der Waals surface area contributed by atoms with Crippen molar-refractivity contribution in [2.45, 2.75) is 33.2 Å². The lowest BCUT2D eigenvalue weighted by molar-refractivity contribution is 0.272. The smallest absolute Gasteiger partial charge is 0.0293 e. The van der Waals surface area contributed by atoms with Crippen LogP contribution < -0.4 is 11.3 Å². The van der Waals surface area contributed by atoms with Gasteiger partial charge in [-0.1, -0.05) is 26.8 Å². The van der Waals surface area contributed by atoms with Gasteiger partial charge in [-0.15, -0.1) is 6.58 Å². The third kappa shape index (κ3) is 2.99. The summed E-state index contributed by atoms with van der Waals surface area (Å²) < 4.78 is 0. The first kappa shape index (κ1) is 9.66. The van der Waals surface area contributed by atoms with Crippen molar-refractivity contribution in [1.29, 1.82) is 0 Å². The SMILES string of the molecule is C=CCC(NN)C(C)(C)C. The molecule has 2 heteroatoms. The van der Waals surface area contributed by atoms with E-state index in [2.05, 4.69) is 32.8 Å². The molecular formula is C8H18N2. The van der Waals surface area contributed by atoms with Gasteiger partial charge in [-0.05, 0) is 11.8 Å². The van der Waals surface area contributed by atoms with Crippen LogP contribution in [0, 0.1) is 5.41 Å². The largest absolute Gasteiger partial charge is 0.271 e. The number of nitrogens with one attached hydrogen (secondary N) is 1. The lowest BCUT2D eigenvalue weighted by Gasteiger charge is -2.28. The fourth-order valence-corrected chi connectivity index (χ4v) is 0.838. The minimum absolute atomic E-state index is 0.211. The Balaban J connectivity index is 3.92. The molecule has 0 aliphatic carbocycles. The average molecular weight is 142 g/mol. The summed E-state index contributed by atoms with van der Waals surface area (Å²) in [7, 11) is 0. The zero-order chi connectivity index (χ0) is 8.20. The molecule has 0 aliphatic rings. The van der Waals surface area contributed by atoms with Crippen molar-refractivity contribution >= 4 is 0 Å². The van der Waals surface area contributed by atoms with Crippen molar-refractivity contribution in [3.8, 4) is 0 Å². The summed E-state index contributed by atoms with van der Waals surface area (Å²) in [6.07, 6.45) is 2.80. The summed E-state index contributed by atoms with van der Waals surface area (Å²) in [6.45, 7) is 10.1. The maximum Gasteiger partial charge on any atom is 0.0293 e. The molecule has 0 bridgehead atoms. The Morgan fingerprint density at radius 1 is 1.60 bits per heavy atom. The number of hydrazine groups is 1. The van der Waals surface area contributed by atoms with Crippen LogP contribution in [0.3, 0.4) is 0 Å². The molecular weight excluding hydrogens is 124 g/mol. The molecule has 0 spiro atoms. The third-order valence-corrected chi connectivity index (χ3v) is 1.65. The van der Waals surface area contributed by atoms with E-state index < -0.39 is 0 Å². The van der Waals surface area contributed by atoms with Gasteiger partial charge in [0.15, 0.2) is 0 Å². The van der Waals surface area contributed by atoms with Crippen molar-refractivity contribution in [3.05, 3.63) is 12.7 Å². The highest BCUT2D eigenvalue weighted by Gasteiger charge is 2.21. The highest BCUT2D eigenvalue weighted by Crippen LogP contribution is 2.20. The minimum Gasteiger partial charge on any atom is -0.271 e. The standard InChI is InChI=1S/C8H18N2/c1-5-6-7(10-9)8(2,3)4/h5,7,10H,1,6,9H2,2-4H3. The van der Waals surface area contributed by atoms with Gasteiger partial charge in [0.1, 0.15) is 0 Å². The van der Waals surface area contributed by atoms with Gasteiger partial charge in [0, 0.05) is 6.04 Å². The molecule has 0 heterocycles. The van der Waals surface area contributed by atoms with Crippen molar-refractivity contribution in [2.75, 3.05) is 0 Å². The van der Waals surface area contributed by atoms with E-state index in [1.807, 2.05) is 6.08 Å². The number of hydrogen-bond donors (Lipinski definition) is 2. The van der Waals surface area contributed by atoms with Crippen LogP contribution in [0.5, 0.6) is 0 Å². The van der Waals surface area contributed by atoms with E-state index in [-0.39, 0.29) is 5.41 Å². The highest BCUT2D eigenvalue weighted by molar-refractivity contribution is 4.84. The molecule has 2 nitrogen and oxygen atoms in total. The van der Waals surface area contributed by atoms with E-state index in [1.165, 1.54) is 0 Å². The molecule has 10 heavy (non-hydrogen) atoms. The summed E-state index contributed by atoms with van der Waals surface area (Å²) in [6, 6.07) is 0.324. The van der Waals surface area contributed by atoms with E-state index in [0.29, 0.717) is 6.04 Å². The van der Waals surface area contributed by atoms with Crippen LogP contribution in [-0.2, 0) is 0 Å². The quantitative estimate of drug-likeness (QED) is 0.355. The molecule has 60 valence electrons. The zero-order valence-electron chi connectivity index (χ0n) is 7.15. The summed E-state index contributed by atoms with van der Waals surface area (Å²) >= 11 is 0. The predicted molar refractivity (Wildman–Crippen MR) is 45.4 cm³/mol. The topological polar surface area (TPSA) is 38.0 Å². The van der Waals surface area contributed by atoms with Crippen LogP contribution in [0.15, 0.2) is 12.7 Å². The second kappa shape index (κ2) is 3.74. The Hall–Kier alpha value is -0.340. The van der Waals surface area contributed by atoms with Crippen LogP contribution >= 0.6 is 0 Å². The maximum absolute atomic E-state index is 5.35. The summed E-state index contributed by atoms with van der Waals surface area (Å²) in [4.78, 5) is 0. The number of hydrogen-bond acceptors (Lipinski definition) is 2. The molecule has 0 aliphatic heterocycles. The Morgan fingerprint density at radius 3 is 2.20 bits per heavy atom. The van der Waals surface area contributed by atoms with Gasteiger partial charge in [-0.2, -0.15) is 0 Å². The molecule has 0 rings (SSSR count). The van der Waals surface area contributed by atoms with Crippen LogP contribution in [0.1, 0.15) is 27.2 Å². The third-order valence-electron chi connectivity index (χ3n) is 1.65. The average Bonchev–Trinajstić information content (AvgIpc) is 1.80. The van der Waals surface area contributed by atoms with E-state index in [9.17, 15) is 0 Å². The normalized spacial score (nSPS) is 14.8. The van der Waals surface area contributed by atoms with Gasteiger partial charge in [0.2, 0.25) is 0 Å². The van der Waals surface area contributed by atoms with E-state index in [0.717, 1.165) is 6.42 Å². The van der Waals surface area contributed by atoms with Crippen LogP contribution in [0.2, 0.25) is 0 Å². The molecule has 1 unspecified atom stereocenters. The highest BCUT2D eigenvalue weighted by atomic mass is 15.2. The molecule has 3 N–H and O–H groups in total. The van der Waals surface area contributed by atoms with Gasteiger partial charge in [-0.25, -0.2) is 0 Å². The van der Waals surface area contributed by atoms with Crippen molar-refractivity contribution in [2.24, 2.45) is 11.3 Å². The zero-order valence-corrected chi connectivity index (χ0v) is 7.15. The van der Waals surface area contributed by atoms with E-state index >= 15 is 0 Å². The van der Waals surface area contributed by atoms with Crippen molar-refractivity contribution < 1.29 is 0 Å². The minimum atomic E-state index is 0.211. The summed E-state index contributed by atoms with van der Waals surface area (Å²) in [5.41, 5.74) is 2.98. The lowest BCUT2D eigenvalue weighted by Crippen LogP contribution is -2.43. The van der Waals surface area contributed by atoms with Gasteiger partial charge in [-0.3, -0.25) is 11.3 Å². The monoisotopic (exact) mass is 142 g/mol. The van der Waals surface area contributed by atoms with Gasteiger partial charge >= 0.3 is 0 Å². The van der Waals surface area contributed by atoms with Crippen molar-refractivity contribution in [3.63, 3.8) is 0 Å². The fourth-order valence-electron chi connectivity index (χ4n) is 0.838. The summed E-state index contributed by atoms with van der Waals surface area (Å²) in [5.74, 6) is 5.35. The van der Waals surface area contributed by atoms with Crippen molar-refractivity contribution in [1.82, 2.24) is 5.43 Å². The Morgan fingerprint density at radius 2 is 2.10 bits per heavy atom. The first-order valence-electron chi connectivity index (χ1n) is 3.59. The first-order valence-corrected chi connectivity index (χ1v) is 3.59. The van der Waals surface area contributed by atoms with Gasteiger partial charge in [0.25, 0.3) is 0 Å². The number of nitrogens with two attached hydrogens (primary N) is 1. The molecule has 0 aromatic heterocycles. The van der Waals surface area contributed by atoms with Gasteiger partial charge in [0.05, 0.1) is 0 Å². The molecule has 0 radical (unpaired) electrons. The molecule has 0 aromatic carbocycles. The first-order chi connectivity index (χ1) is 4.52. The van der Waals surface area contributed by atoms with Crippen LogP contribution in [0.25, 0.3) is 0 Å². The molecule has 0 saturated carbocycles. The molecule has 1 atom stereocenters. The molecule has 0 fully saturated rings. The molecule has 0 amide bonds. The second-order valence-corrected chi connectivity index (χ2v) is 3.61.